The fourth-order valence-corrected chi connectivity index (χ4v) is 1.26. The molecule has 0 aliphatic rings. The van der Waals surface area contributed by atoms with Crippen LogP contribution in [0.1, 0.15) is 36.2 Å². The third-order valence-corrected chi connectivity index (χ3v) is 1.96. The first-order chi connectivity index (χ1) is 6.40. The molecule has 0 radical (unpaired) electrons. The second-order valence-corrected chi connectivity index (χ2v) is 4.28. The van der Waals surface area contributed by atoms with Gasteiger partial charge < -0.3 is 5.73 Å². The number of hydrogen-bond donors (Lipinski definition) is 1. The quantitative estimate of drug-likeness (QED) is 0.741. The number of ketones is 1. The molecule has 1 rings (SSSR count). The highest BCUT2D eigenvalue weighted by atomic mass is 16.1. The largest absolute Gasteiger partial charge is 0.325 e. The molecule has 0 spiro atoms. The average molecular weight is 192 g/mol. The third kappa shape index (κ3) is 2.92. The molecule has 0 saturated carbocycles. The van der Waals surface area contributed by atoms with Gasteiger partial charge in [-0.15, -0.1) is 0 Å². The van der Waals surface area contributed by atoms with Crippen LogP contribution in [0.2, 0.25) is 0 Å². The Morgan fingerprint density at radius 2 is 2.21 bits per heavy atom. The van der Waals surface area contributed by atoms with Crippen molar-refractivity contribution in [3.8, 4) is 0 Å². The van der Waals surface area contributed by atoms with Crippen LogP contribution in [0.25, 0.3) is 0 Å². The Morgan fingerprint density at radius 1 is 1.57 bits per heavy atom. The summed E-state index contributed by atoms with van der Waals surface area (Å²) in [6, 6.07) is 1.83. The van der Waals surface area contributed by atoms with Crippen molar-refractivity contribution in [1.29, 1.82) is 0 Å². The second-order valence-electron chi connectivity index (χ2n) is 4.28. The van der Waals surface area contributed by atoms with E-state index in [-0.39, 0.29) is 5.78 Å². The van der Waals surface area contributed by atoms with E-state index in [1.807, 2.05) is 26.8 Å². The first kappa shape index (κ1) is 10.9. The van der Waals surface area contributed by atoms with Crippen molar-refractivity contribution in [3.63, 3.8) is 0 Å². The van der Waals surface area contributed by atoms with E-state index < -0.39 is 5.54 Å². The van der Waals surface area contributed by atoms with Crippen molar-refractivity contribution in [2.75, 3.05) is 0 Å². The van der Waals surface area contributed by atoms with Crippen molar-refractivity contribution in [2.24, 2.45) is 5.73 Å². The van der Waals surface area contributed by atoms with E-state index in [2.05, 4.69) is 4.98 Å². The minimum absolute atomic E-state index is 0.0584. The molecule has 1 heterocycles. The van der Waals surface area contributed by atoms with Crippen molar-refractivity contribution < 1.29 is 4.79 Å². The van der Waals surface area contributed by atoms with E-state index in [9.17, 15) is 4.79 Å². The minimum atomic E-state index is -0.459. The van der Waals surface area contributed by atoms with Gasteiger partial charge in [0.1, 0.15) is 0 Å². The lowest BCUT2D eigenvalue weighted by Gasteiger charge is -2.17. The van der Waals surface area contributed by atoms with E-state index in [0.29, 0.717) is 12.0 Å². The Hall–Kier alpha value is -1.22. The van der Waals surface area contributed by atoms with Gasteiger partial charge in [-0.3, -0.25) is 9.78 Å². The molecule has 0 aromatic carbocycles. The fourth-order valence-electron chi connectivity index (χ4n) is 1.26. The zero-order valence-corrected chi connectivity index (χ0v) is 8.87. The molecule has 3 heteroatoms. The maximum absolute atomic E-state index is 11.8. The summed E-state index contributed by atoms with van der Waals surface area (Å²) in [6.07, 6.45) is 3.63. The summed E-state index contributed by atoms with van der Waals surface area (Å²) in [5.74, 6) is 0.0584. The highest BCUT2D eigenvalue weighted by Gasteiger charge is 2.18. The molecular weight excluding hydrogens is 176 g/mol. The molecule has 1 aromatic heterocycles. The van der Waals surface area contributed by atoms with E-state index in [4.69, 9.17) is 5.73 Å². The molecule has 0 aliphatic heterocycles. The highest BCUT2D eigenvalue weighted by Crippen LogP contribution is 2.13. The smallest absolute Gasteiger partial charge is 0.166 e. The monoisotopic (exact) mass is 192 g/mol. The van der Waals surface area contributed by atoms with Gasteiger partial charge in [-0.1, -0.05) is 0 Å². The van der Waals surface area contributed by atoms with Crippen LogP contribution in [0.5, 0.6) is 0 Å². The lowest BCUT2D eigenvalue weighted by molar-refractivity contribution is 0.0959. The number of rotatable bonds is 3. The third-order valence-electron chi connectivity index (χ3n) is 1.96. The van der Waals surface area contributed by atoms with Crippen LogP contribution in [-0.2, 0) is 0 Å². The van der Waals surface area contributed by atoms with Gasteiger partial charge in [0, 0.05) is 29.9 Å². The molecule has 0 atom stereocenters. The molecule has 0 bridgehead atoms. The van der Waals surface area contributed by atoms with Crippen LogP contribution in [-0.4, -0.2) is 16.3 Å². The van der Waals surface area contributed by atoms with Crippen molar-refractivity contribution >= 4 is 5.78 Å². The number of aryl methyl sites for hydroxylation is 1. The maximum atomic E-state index is 11.8. The van der Waals surface area contributed by atoms with Gasteiger partial charge in [0.15, 0.2) is 5.78 Å². The van der Waals surface area contributed by atoms with Gasteiger partial charge in [-0.25, -0.2) is 0 Å². The SMILES string of the molecule is Cc1ccncc1C(=O)CC(C)(C)N. The number of hydrogen-bond acceptors (Lipinski definition) is 3. The van der Waals surface area contributed by atoms with Crippen LogP contribution in [0.4, 0.5) is 0 Å². The second kappa shape index (κ2) is 3.88. The maximum Gasteiger partial charge on any atom is 0.166 e. The molecular formula is C11H16N2O. The van der Waals surface area contributed by atoms with Gasteiger partial charge in [0.05, 0.1) is 0 Å². The lowest BCUT2D eigenvalue weighted by atomic mass is 9.94. The van der Waals surface area contributed by atoms with Crippen LogP contribution in [0, 0.1) is 6.92 Å². The number of nitrogens with zero attached hydrogens (tertiary/aromatic N) is 1. The number of pyridine rings is 1. The summed E-state index contributed by atoms with van der Waals surface area (Å²) in [5.41, 5.74) is 6.95. The normalized spacial score (nSPS) is 11.4. The van der Waals surface area contributed by atoms with Crippen molar-refractivity contribution in [3.05, 3.63) is 29.6 Å². The lowest BCUT2D eigenvalue weighted by Crippen LogP contribution is -2.34. The van der Waals surface area contributed by atoms with Gasteiger partial charge in [-0.05, 0) is 32.4 Å². The Balaban J connectivity index is 2.86. The average Bonchev–Trinajstić information content (AvgIpc) is 2.01. The summed E-state index contributed by atoms with van der Waals surface area (Å²) < 4.78 is 0. The van der Waals surface area contributed by atoms with Crippen LogP contribution in [0.15, 0.2) is 18.5 Å². The molecule has 2 N–H and O–H groups in total. The number of carbonyl (C=O) groups is 1. The topological polar surface area (TPSA) is 56.0 Å². The van der Waals surface area contributed by atoms with E-state index >= 15 is 0 Å². The number of aromatic nitrogens is 1. The summed E-state index contributed by atoms with van der Waals surface area (Å²) in [4.78, 5) is 15.7. The highest BCUT2D eigenvalue weighted by molar-refractivity contribution is 5.97. The predicted octanol–water partition coefficient (Wildman–Crippen LogP) is 1.70. The zero-order valence-electron chi connectivity index (χ0n) is 8.87. The van der Waals surface area contributed by atoms with Gasteiger partial charge in [0.25, 0.3) is 0 Å². The molecule has 76 valence electrons. The van der Waals surface area contributed by atoms with Gasteiger partial charge >= 0.3 is 0 Å². The van der Waals surface area contributed by atoms with E-state index in [1.54, 1.807) is 12.4 Å². The molecule has 1 aromatic rings. The van der Waals surface area contributed by atoms with Crippen molar-refractivity contribution in [2.45, 2.75) is 32.7 Å². The van der Waals surface area contributed by atoms with E-state index in [1.165, 1.54) is 0 Å². The molecule has 14 heavy (non-hydrogen) atoms. The molecule has 3 nitrogen and oxygen atoms in total. The first-order valence-electron chi connectivity index (χ1n) is 4.63. The number of Topliss-reactive ketones (excluding diaryl/α,β-unsaturated/α-hetero) is 1. The summed E-state index contributed by atoms with van der Waals surface area (Å²) >= 11 is 0. The van der Waals surface area contributed by atoms with Crippen LogP contribution >= 0.6 is 0 Å². The molecule has 0 fully saturated rings. The minimum Gasteiger partial charge on any atom is -0.325 e. The molecule has 0 aliphatic carbocycles. The zero-order chi connectivity index (χ0) is 10.8. The first-order valence-corrected chi connectivity index (χ1v) is 4.63. The Labute approximate surface area is 84.3 Å². The fraction of sp³-hybridized carbons (Fsp3) is 0.455. The Kier molecular flexibility index (Phi) is 3.01. The predicted molar refractivity (Wildman–Crippen MR) is 56.2 cm³/mol. The molecule has 0 unspecified atom stereocenters. The van der Waals surface area contributed by atoms with Gasteiger partial charge in [-0.2, -0.15) is 0 Å². The Morgan fingerprint density at radius 3 is 2.71 bits per heavy atom. The summed E-state index contributed by atoms with van der Waals surface area (Å²) in [5, 5.41) is 0. The molecule has 0 saturated heterocycles. The van der Waals surface area contributed by atoms with Crippen LogP contribution in [0.3, 0.4) is 0 Å². The summed E-state index contributed by atoms with van der Waals surface area (Å²) in [6.45, 7) is 5.59. The molecule has 0 amide bonds. The number of nitrogens with two attached hydrogens (primary N) is 1. The Bertz CT molecular complexity index is 339. The standard InChI is InChI=1S/C11H16N2O/c1-8-4-5-13-7-9(8)10(14)6-11(2,3)12/h4-5,7H,6,12H2,1-3H3. The number of carbonyl (C=O) groups excluding carboxylic acids is 1. The van der Waals surface area contributed by atoms with Gasteiger partial charge in [0.2, 0.25) is 0 Å². The van der Waals surface area contributed by atoms with Crippen LogP contribution < -0.4 is 5.73 Å². The summed E-state index contributed by atoms with van der Waals surface area (Å²) in [7, 11) is 0. The van der Waals surface area contributed by atoms with E-state index in [0.717, 1.165) is 5.56 Å². The van der Waals surface area contributed by atoms with Crippen molar-refractivity contribution in [1.82, 2.24) is 4.98 Å².